The number of benzene rings is 2. The molecule has 2 heterocycles. The van der Waals surface area contributed by atoms with Crippen LogP contribution in [0.25, 0.3) is 0 Å². The fourth-order valence-electron chi connectivity index (χ4n) is 3.08. The van der Waals surface area contributed by atoms with Gasteiger partial charge in [-0.2, -0.15) is 0 Å². The van der Waals surface area contributed by atoms with Crippen LogP contribution in [0.2, 0.25) is 0 Å². The van der Waals surface area contributed by atoms with Crippen molar-refractivity contribution < 1.29 is 19.0 Å². The van der Waals surface area contributed by atoms with Gasteiger partial charge in [-0.15, -0.1) is 0 Å². The van der Waals surface area contributed by atoms with Gasteiger partial charge in [0.1, 0.15) is 13.2 Å². The molecule has 166 valence electrons. The molecule has 0 saturated heterocycles. The first-order valence-electron chi connectivity index (χ1n) is 10.4. The van der Waals surface area contributed by atoms with Crippen LogP contribution < -0.4 is 19.5 Å². The number of pyridine rings is 2. The van der Waals surface area contributed by atoms with E-state index in [0.29, 0.717) is 41.8 Å². The highest BCUT2D eigenvalue weighted by atomic mass is 16.5. The second kappa shape index (κ2) is 10.8. The van der Waals surface area contributed by atoms with E-state index in [-0.39, 0.29) is 5.91 Å². The van der Waals surface area contributed by atoms with Crippen molar-refractivity contribution in [3.8, 4) is 17.2 Å². The van der Waals surface area contributed by atoms with Gasteiger partial charge in [-0.1, -0.05) is 30.3 Å². The third-order valence-corrected chi connectivity index (χ3v) is 4.81. The molecule has 0 aliphatic heterocycles. The number of nitrogens with zero attached hydrogens (tertiary/aromatic N) is 2. The second-order valence-electron chi connectivity index (χ2n) is 7.09. The Kier molecular flexibility index (Phi) is 7.12. The summed E-state index contributed by atoms with van der Waals surface area (Å²) < 4.78 is 17.2. The zero-order chi connectivity index (χ0) is 22.9. The van der Waals surface area contributed by atoms with Crippen LogP contribution in [0.4, 0.5) is 5.82 Å². The van der Waals surface area contributed by atoms with Crippen LogP contribution in [-0.2, 0) is 13.2 Å². The quantitative estimate of drug-likeness (QED) is 0.398. The molecule has 7 nitrogen and oxygen atoms in total. The lowest BCUT2D eigenvalue weighted by atomic mass is 10.2. The van der Waals surface area contributed by atoms with Crippen LogP contribution in [-0.4, -0.2) is 23.0 Å². The zero-order valence-electron chi connectivity index (χ0n) is 18.1. The first-order valence-corrected chi connectivity index (χ1v) is 10.4. The standard InChI is InChI=1S/C26H23N3O4/c1-31-24-16-21(9-10-22(24)32-17-19-6-3-2-4-7-19)26(30)29-25-23(8-5-13-28-25)33-18-20-11-14-27-15-12-20/h2-16H,17-18H2,1H3,(H,28,29,30). The largest absolute Gasteiger partial charge is 0.493 e. The normalized spacial score (nSPS) is 10.3. The molecule has 7 heteroatoms. The molecule has 0 saturated carbocycles. The molecule has 0 radical (unpaired) electrons. The van der Waals surface area contributed by atoms with Gasteiger partial charge in [0, 0.05) is 24.2 Å². The Bertz CT molecular complexity index is 1200. The minimum atomic E-state index is -0.338. The molecule has 0 unspecified atom stereocenters. The molecular formula is C26H23N3O4. The Balaban J connectivity index is 1.44. The molecule has 0 spiro atoms. The summed E-state index contributed by atoms with van der Waals surface area (Å²) in [6.45, 7) is 0.729. The van der Waals surface area contributed by atoms with Gasteiger partial charge in [0.25, 0.3) is 5.91 Å². The smallest absolute Gasteiger partial charge is 0.257 e. The van der Waals surface area contributed by atoms with Crippen LogP contribution in [0.1, 0.15) is 21.5 Å². The Morgan fingerprint density at radius 1 is 0.788 bits per heavy atom. The molecule has 0 fully saturated rings. The minimum Gasteiger partial charge on any atom is -0.493 e. The number of hydrogen-bond acceptors (Lipinski definition) is 6. The summed E-state index contributed by atoms with van der Waals surface area (Å²) in [5.74, 6) is 1.48. The van der Waals surface area contributed by atoms with Crippen LogP contribution in [0.5, 0.6) is 17.2 Å². The molecule has 1 N–H and O–H groups in total. The average molecular weight is 441 g/mol. The molecule has 4 rings (SSSR count). The maximum absolute atomic E-state index is 12.9. The van der Waals surface area contributed by atoms with E-state index in [4.69, 9.17) is 14.2 Å². The first kappa shape index (κ1) is 21.8. The van der Waals surface area contributed by atoms with Crippen molar-refractivity contribution in [3.05, 3.63) is 108 Å². The molecule has 2 aromatic carbocycles. The van der Waals surface area contributed by atoms with Crippen LogP contribution in [0.15, 0.2) is 91.4 Å². The summed E-state index contributed by atoms with van der Waals surface area (Å²) >= 11 is 0. The maximum atomic E-state index is 12.9. The third-order valence-electron chi connectivity index (χ3n) is 4.81. The molecule has 0 aliphatic rings. The number of nitrogens with one attached hydrogen (secondary N) is 1. The van der Waals surface area contributed by atoms with Gasteiger partial charge in [0.15, 0.2) is 23.1 Å². The number of hydrogen-bond donors (Lipinski definition) is 1. The van der Waals surface area contributed by atoms with E-state index >= 15 is 0 Å². The van der Waals surface area contributed by atoms with E-state index in [0.717, 1.165) is 11.1 Å². The molecule has 0 bridgehead atoms. The van der Waals surface area contributed by atoms with Gasteiger partial charge in [0.05, 0.1) is 7.11 Å². The van der Waals surface area contributed by atoms with Crippen molar-refractivity contribution in [1.82, 2.24) is 9.97 Å². The Hall–Kier alpha value is -4.39. The summed E-state index contributed by atoms with van der Waals surface area (Å²) in [5, 5.41) is 2.81. The fourth-order valence-corrected chi connectivity index (χ4v) is 3.08. The van der Waals surface area contributed by atoms with Gasteiger partial charge in [-0.25, -0.2) is 4.98 Å². The van der Waals surface area contributed by atoms with E-state index in [9.17, 15) is 4.79 Å². The number of rotatable bonds is 9. The van der Waals surface area contributed by atoms with Crippen LogP contribution >= 0.6 is 0 Å². The van der Waals surface area contributed by atoms with Crippen molar-refractivity contribution in [2.75, 3.05) is 12.4 Å². The van der Waals surface area contributed by atoms with Crippen LogP contribution in [0, 0.1) is 0 Å². The topological polar surface area (TPSA) is 82.6 Å². The molecule has 1 amide bonds. The second-order valence-corrected chi connectivity index (χ2v) is 7.09. The molecule has 0 aliphatic carbocycles. The molecule has 2 aromatic heterocycles. The van der Waals surface area contributed by atoms with E-state index in [2.05, 4.69) is 15.3 Å². The van der Waals surface area contributed by atoms with Crippen LogP contribution in [0.3, 0.4) is 0 Å². The van der Waals surface area contributed by atoms with Gasteiger partial charge in [0.2, 0.25) is 0 Å². The van der Waals surface area contributed by atoms with E-state index in [1.165, 1.54) is 7.11 Å². The predicted molar refractivity (Wildman–Crippen MR) is 125 cm³/mol. The highest BCUT2D eigenvalue weighted by Gasteiger charge is 2.14. The van der Waals surface area contributed by atoms with Gasteiger partial charge in [-0.3, -0.25) is 9.78 Å². The van der Waals surface area contributed by atoms with E-state index < -0.39 is 0 Å². The van der Waals surface area contributed by atoms with Gasteiger partial charge >= 0.3 is 0 Å². The first-order chi connectivity index (χ1) is 16.2. The lowest BCUT2D eigenvalue weighted by Crippen LogP contribution is -2.14. The number of carbonyl (C=O) groups excluding carboxylic acids is 1. The number of anilines is 1. The minimum absolute atomic E-state index is 0.332. The number of aromatic nitrogens is 2. The third kappa shape index (κ3) is 5.86. The van der Waals surface area contributed by atoms with Gasteiger partial charge < -0.3 is 19.5 Å². The summed E-state index contributed by atoms with van der Waals surface area (Å²) in [7, 11) is 1.54. The van der Waals surface area contributed by atoms with Crippen molar-refractivity contribution in [2.24, 2.45) is 0 Å². The van der Waals surface area contributed by atoms with E-state index in [1.54, 1.807) is 48.9 Å². The SMILES string of the molecule is COc1cc(C(=O)Nc2ncccc2OCc2ccncc2)ccc1OCc1ccccc1. The zero-order valence-corrected chi connectivity index (χ0v) is 18.1. The monoisotopic (exact) mass is 441 g/mol. The number of amides is 1. The Morgan fingerprint density at radius 2 is 1.52 bits per heavy atom. The van der Waals surface area contributed by atoms with Crippen molar-refractivity contribution in [2.45, 2.75) is 13.2 Å². The highest BCUT2D eigenvalue weighted by Crippen LogP contribution is 2.30. The average Bonchev–Trinajstić information content (AvgIpc) is 2.88. The maximum Gasteiger partial charge on any atom is 0.257 e. The highest BCUT2D eigenvalue weighted by molar-refractivity contribution is 6.04. The van der Waals surface area contributed by atoms with Gasteiger partial charge in [-0.05, 0) is 53.6 Å². The van der Waals surface area contributed by atoms with Crippen molar-refractivity contribution in [3.63, 3.8) is 0 Å². The summed E-state index contributed by atoms with van der Waals surface area (Å²) in [4.78, 5) is 21.1. The lowest BCUT2D eigenvalue weighted by molar-refractivity contribution is 0.102. The predicted octanol–water partition coefficient (Wildman–Crippen LogP) is 4.90. The molecule has 33 heavy (non-hydrogen) atoms. The number of methoxy groups -OCH3 is 1. The Morgan fingerprint density at radius 3 is 2.27 bits per heavy atom. The lowest BCUT2D eigenvalue weighted by Gasteiger charge is -2.14. The summed E-state index contributed by atoms with van der Waals surface area (Å²) in [5.41, 5.74) is 2.41. The molecule has 0 atom stereocenters. The van der Waals surface area contributed by atoms with Crippen molar-refractivity contribution >= 4 is 11.7 Å². The van der Waals surface area contributed by atoms with Crippen molar-refractivity contribution in [1.29, 1.82) is 0 Å². The number of carbonyl (C=O) groups is 1. The number of ether oxygens (including phenoxy) is 3. The van der Waals surface area contributed by atoms with E-state index in [1.807, 2.05) is 42.5 Å². The molecule has 4 aromatic rings. The Labute approximate surface area is 192 Å². The molecular weight excluding hydrogens is 418 g/mol. The summed E-state index contributed by atoms with van der Waals surface area (Å²) in [6.07, 6.45) is 4.99. The fraction of sp³-hybridized carbons (Fsp3) is 0.115. The summed E-state index contributed by atoms with van der Waals surface area (Å²) in [6, 6.07) is 22.1.